The molecule has 1 aromatic rings. The molecular weight excluding hydrogens is 246 g/mol. The number of nitriles is 1. The summed E-state index contributed by atoms with van der Waals surface area (Å²) in [5.74, 6) is 0.363. The highest BCUT2D eigenvalue weighted by Gasteiger charge is 2.13. The smallest absolute Gasteiger partial charge is 0.272 e. The quantitative estimate of drug-likeness (QED) is 0.843. The average molecular weight is 261 g/mol. The first-order valence-corrected chi connectivity index (χ1v) is 6.03. The molecule has 0 saturated carbocycles. The molecule has 1 fully saturated rings. The Morgan fingerprint density at radius 3 is 2.68 bits per heavy atom. The third-order valence-electron chi connectivity index (χ3n) is 2.65. The maximum atomic E-state index is 11.6. The number of hydrogen-bond acceptors (Lipinski definition) is 5. The molecule has 0 aromatic heterocycles. The molecule has 100 valence electrons. The number of hydrazine groups is 1. The zero-order chi connectivity index (χ0) is 13.5. The van der Waals surface area contributed by atoms with Crippen LogP contribution in [0.4, 0.5) is 0 Å². The van der Waals surface area contributed by atoms with Crippen LogP contribution < -0.4 is 10.2 Å². The second-order valence-electron chi connectivity index (χ2n) is 4.06. The van der Waals surface area contributed by atoms with E-state index in [4.69, 9.17) is 14.7 Å². The number of hydrogen-bond donors (Lipinski definition) is 1. The van der Waals surface area contributed by atoms with Gasteiger partial charge in [0.05, 0.1) is 24.8 Å². The Morgan fingerprint density at radius 1 is 1.37 bits per heavy atom. The van der Waals surface area contributed by atoms with Crippen molar-refractivity contribution in [3.63, 3.8) is 0 Å². The third kappa shape index (κ3) is 4.25. The minimum absolute atomic E-state index is 0.0523. The van der Waals surface area contributed by atoms with Gasteiger partial charge in [0.2, 0.25) is 0 Å². The van der Waals surface area contributed by atoms with Crippen molar-refractivity contribution in [2.45, 2.75) is 0 Å². The molecule has 0 radical (unpaired) electrons. The Balaban J connectivity index is 1.74. The lowest BCUT2D eigenvalue weighted by Crippen LogP contribution is -2.49. The van der Waals surface area contributed by atoms with Crippen molar-refractivity contribution in [1.82, 2.24) is 10.4 Å². The summed E-state index contributed by atoms with van der Waals surface area (Å²) < 4.78 is 10.5. The summed E-state index contributed by atoms with van der Waals surface area (Å²) in [6, 6.07) is 8.65. The van der Waals surface area contributed by atoms with E-state index in [9.17, 15) is 4.79 Å². The molecule has 1 aromatic carbocycles. The number of amides is 1. The minimum atomic E-state index is -0.203. The first-order chi connectivity index (χ1) is 9.28. The van der Waals surface area contributed by atoms with Crippen LogP contribution >= 0.6 is 0 Å². The van der Waals surface area contributed by atoms with Crippen molar-refractivity contribution in [2.75, 3.05) is 32.9 Å². The van der Waals surface area contributed by atoms with Crippen LogP contribution in [0.1, 0.15) is 5.56 Å². The molecule has 0 spiro atoms. The van der Waals surface area contributed by atoms with Gasteiger partial charge in [-0.1, -0.05) is 0 Å². The fourth-order valence-electron chi connectivity index (χ4n) is 1.66. The van der Waals surface area contributed by atoms with Gasteiger partial charge in [0.15, 0.2) is 6.61 Å². The van der Waals surface area contributed by atoms with E-state index in [1.54, 1.807) is 24.3 Å². The first-order valence-electron chi connectivity index (χ1n) is 6.03. The van der Waals surface area contributed by atoms with Crippen molar-refractivity contribution in [1.29, 1.82) is 5.26 Å². The summed E-state index contributed by atoms with van der Waals surface area (Å²) in [5, 5.41) is 10.5. The fraction of sp³-hybridized carbons (Fsp3) is 0.385. The van der Waals surface area contributed by atoms with E-state index >= 15 is 0 Å². The van der Waals surface area contributed by atoms with Crippen LogP contribution in [0.3, 0.4) is 0 Å². The molecule has 0 atom stereocenters. The predicted molar refractivity (Wildman–Crippen MR) is 67.2 cm³/mol. The number of rotatable bonds is 4. The summed E-state index contributed by atoms with van der Waals surface area (Å²) in [6.45, 7) is 2.56. The molecule has 1 amide bonds. The molecule has 1 aliphatic rings. The number of ether oxygens (including phenoxy) is 2. The SMILES string of the molecule is N#Cc1ccc(OCC(=O)NN2CCOCC2)cc1. The van der Waals surface area contributed by atoms with Gasteiger partial charge in [-0.25, -0.2) is 5.01 Å². The Morgan fingerprint density at radius 2 is 2.05 bits per heavy atom. The van der Waals surface area contributed by atoms with Gasteiger partial charge in [-0.15, -0.1) is 0 Å². The normalized spacial score (nSPS) is 15.5. The highest BCUT2D eigenvalue weighted by atomic mass is 16.5. The van der Waals surface area contributed by atoms with E-state index in [1.807, 2.05) is 11.1 Å². The van der Waals surface area contributed by atoms with Crippen LogP contribution in [-0.2, 0) is 9.53 Å². The zero-order valence-electron chi connectivity index (χ0n) is 10.5. The van der Waals surface area contributed by atoms with E-state index < -0.39 is 0 Å². The second-order valence-corrected chi connectivity index (χ2v) is 4.06. The first kappa shape index (κ1) is 13.3. The summed E-state index contributed by atoms with van der Waals surface area (Å²) in [5.41, 5.74) is 3.31. The van der Waals surface area contributed by atoms with E-state index in [-0.39, 0.29) is 12.5 Å². The van der Waals surface area contributed by atoms with Gasteiger partial charge in [0.1, 0.15) is 5.75 Å². The van der Waals surface area contributed by atoms with Crippen molar-refractivity contribution >= 4 is 5.91 Å². The number of nitrogens with zero attached hydrogens (tertiary/aromatic N) is 2. The van der Waals surface area contributed by atoms with E-state index in [0.29, 0.717) is 37.6 Å². The molecule has 1 N–H and O–H groups in total. The second kappa shape index (κ2) is 6.73. The number of morpholine rings is 1. The average Bonchev–Trinajstić information content (AvgIpc) is 2.47. The summed E-state index contributed by atoms with van der Waals surface area (Å²) in [6.07, 6.45) is 0. The van der Waals surface area contributed by atoms with Crippen LogP contribution in [0.15, 0.2) is 24.3 Å². The Labute approximate surface area is 111 Å². The Bertz CT molecular complexity index is 461. The van der Waals surface area contributed by atoms with E-state index in [1.165, 1.54) is 0 Å². The molecule has 0 unspecified atom stereocenters. The van der Waals surface area contributed by atoms with Crippen molar-refractivity contribution in [3.8, 4) is 11.8 Å². The number of benzene rings is 1. The van der Waals surface area contributed by atoms with Gasteiger partial charge in [-0.2, -0.15) is 5.26 Å². The highest BCUT2D eigenvalue weighted by Crippen LogP contribution is 2.11. The van der Waals surface area contributed by atoms with Gasteiger partial charge in [0, 0.05) is 13.1 Å². The van der Waals surface area contributed by atoms with Gasteiger partial charge in [0.25, 0.3) is 5.91 Å². The summed E-state index contributed by atoms with van der Waals surface area (Å²) in [4.78, 5) is 11.6. The molecular formula is C13H15N3O3. The topological polar surface area (TPSA) is 74.6 Å². The number of carbonyl (C=O) groups is 1. The van der Waals surface area contributed by atoms with E-state index in [2.05, 4.69) is 5.43 Å². The van der Waals surface area contributed by atoms with Crippen molar-refractivity contribution in [3.05, 3.63) is 29.8 Å². The number of nitrogens with one attached hydrogen (secondary N) is 1. The summed E-state index contributed by atoms with van der Waals surface area (Å²) in [7, 11) is 0. The maximum absolute atomic E-state index is 11.6. The lowest BCUT2D eigenvalue weighted by atomic mass is 10.2. The largest absolute Gasteiger partial charge is 0.484 e. The van der Waals surface area contributed by atoms with Gasteiger partial charge in [-0.05, 0) is 24.3 Å². The van der Waals surface area contributed by atoms with Crippen LogP contribution in [0.2, 0.25) is 0 Å². The van der Waals surface area contributed by atoms with Crippen LogP contribution in [0.25, 0.3) is 0 Å². The highest BCUT2D eigenvalue weighted by molar-refractivity contribution is 5.77. The Hall–Kier alpha value is -2.10. The molecule has 6 heteroatoms. The number of carbonyl (C=O) groups excluding carboxylic acids is 1. The fourth-order valence-corrected chi connectivity index (χ4v) is 1.66. The monoisotopic (exact) mass is 261 g/mol. The zero-order valence-corrected chi connectivity index (χ0v) is 10.5. The summed E-state index contributed by atoms with van der Waals surface area (Å²) >= 11 is 0. The van der Waals surface area contributed by atoms with Crippen LogP contribution in [-0.4, -0.2) is 43.8 Å². The van der Waals surface area contributed by atoms with Crippen LogP contribution in [0.5, 0.6) is 5.75 Å². The molecule has 6 nitrogen and oxygen atoms in total. The molecule has 1 heterocycles. The van der Waals surface area contributed by atoms with Gasteiger partial charge in [-0.3, -0.25) is 10.2 Å². The van der Waals surface area contributed by atoms with Crippen molar-refractivity contribution in [2.24, 2.45) is 0 Å². The molecule has 1 saturated heterocycles. The molecule has 1 aliphatic heterocycles. The van der Waals surface area contributed by atoms with E-state index in [0.717, 1.165) is 0 Å². The molecule has 19 heavy (non-hydrogen) atoms. The van der Waals surface area contributed by atoms with Crippen LogP contribution in [0, 0.1) is 11.3 Å². The predicted octanol–water partition coefficient (Wildman–Crippen LogP) is 0.300. The van der Waals surface area contributed by atoms with Gasteiger partial charge >= 0.3 is 0 Å². The maximum Gasteiger partial charge on any atom is 0.272 e. The molecule has 2 rings (SSSR count). The lowest BCUT2D eigenvalue weighted by Gasteiger charge is -2.26. The molecule has 0 bridgehead atoms. The minimum Gasteiger partial charge on any atom is -0.484 e. The molecule has 0 aliphatic carbocycles. The van der Waals surface area contributed by atoms with Crippen molar-refractivity contribution < 1.29 is 14.3 Å². The third-order valence-corrected chi connectivity index (χ3v) is 2.65. The lowest BCUT2D eigenvalue weighted by molar-refractivity contribution is -0.130. The Kier molecular flexibility index (Phi) is 4.72. The van der Waals surface area contributed by atoms with Gasteiger partial charge < -0.3 is 9.47 Å². The standard InChI is InChI=1S/C13H15N3O3/c14-9-11-1-3-12(4-2-11)19-10-13(17)15-16-5-7-18-8-6-16/h1-4H,5-8,10H2,(H,15,17).